The molecule has 1 aliphatic rings. The van der Waals surface area contributed by atoms with Crippen molar-refractivity contribution in [3.63, 3.8) is 0 Å². The lowest BCUT2D eigenvalue weighted by Gasteiger charge is -2.29. The first kappa shape index (κ1) is 24.0. The molecule has 0 aliphatic heterocycles. The molecule has 1 unspecified atom stereocenters. The minimum atomic E-state index is -4.37. The largest absolute Gasteiger partial charge is 0.416 e. The van der Waals surface area contributed by atoms with E-state index >= 15 is 0 Å². The van der Waals surface area contributed by atoms with E-state index in [0.717, 1.165) is 51.0 Å². The molecular weight excluding hydrogens is 433 g/mol. The van der Waals surface area contributed by atoms with Crippen molar-refractivity contribution in [2.45, 2.75) is 50.4 Å². The highest BCUT2D eigenvalue weighted by atomic mass is 19.4. The van der Waals surface area contributed by atoms with E-state index in [4.69, 9.17) is 0 Å². The van der Waals surface area contributed by atoms with Crippen LogP contribution in [-0.4, -0.2) is 11.4 Å². The summed E-state index contributed by atoms with van der Waals surface area (Å²) >= 11 is 0. The smallest absolute Gasteiger partial charge is 0.295 e. The summed E-state index contributed by atoms with van der Waals surface area (Å²) < 4.78 is 39.1. The van der Waals surface area contributed by atoms with Gasteiger partial charge in [-0.15, -0.1) is 0 Å². The first-order valence-corrected chi connectivity index (χ1v) is 11.8. The number of nitrogens with zero attached hydrogens (tertiary/aromatic N) is 2. The van der Waals surface area contributed by atoms with Crippen LogP contribution in [0.3, 0.4) is 0 Å². The van der Waals surface area contributed by atoms with Crippen LogP contribution in [-0.2, 0) is 24.7 Å². The summed E-state index contributed by atoms with van der Waals surface area (Å²) in [4.78, 5) is 2.38. The number of hydrogen-bond acceptors (Lipinski definition) is 2. The SMILES string of the molecule is N#CC(CCCN(Cc1ccccc1)Cc1ccccc1)(c1ccc(C(F)(F)F)cc1)C1CC1. The summed E-state index contributed by atoms with van der Waals surface area (Å²) in [6.07, 6.45) is -1.04. The first-order chi connectivity index (χ1) is 16.4. The summed E-state index contributed by atoms with van der Waals surface area (Å²) in [6.45, 7) is 2.42. The quantitative estimate of drug-likeness (QED) is 0.315. The third-order valence-corrected chi connectivity index (χ3v) is 6.74. The van der Waals surface area contributed by atoms with Crippen molar-refractivity contribution in [2.24, 2.45) is 5.92 Å². The molecule has 0 spiro atoms. The molecule has 0 N–H and O–H groups in total. The van der Waals surface area contributed by atoms with Gasteiger partial charge in [0.25, 0.3) is 0 Å². The van der Waals surface area contributed by atoms with E-state index in [1.54, 1.807) is 0 Å². The van der Waals surface area contributed by atoms with Gasteiger partial charge in [0.05, 0.1) is 17.0 Å². The molecule has 0 saturated heterocycles. The summed E-state index contributed by atoms with van der Waals surface area (Å²) in [5, 5.41) is 10.2. The van der Waals surface area contributed by atoms with Crippen LogP contribution >= 0.6 is 0 Å². The molecule has 0 heterocycles. The van der Waals surface area contributed by atoms with Crippen molar-refractivity contribution in [1.82, 2.24) is 4.90 Å². The lowest BCUT2D eigenvalue weighted by atomic mass is 9.73. The van der Waals surface area contributed by atoms with E-state index in [0.29, 0.717) is 12.0 Å². The van der Waals surface area contributed by atoms with Crippen molar-refractivity contribution >= 4 is 0 Å². The van der Waals surface area contributed by atoms with Crippen molar-refractivity contribution < 1.29 is 13.2 Å². The molecule has 34 heavy (non-hydrogen) atoms. The van der Waals surface area contributed by atoms with E-state index in [9.17, 15) is 18.4 Å². The first-order valence-electron chi connectivity index (χ1n) is 11.8. The van der Waals surface area contributed by atoms with Gasteiger partial charge in [-0.2, -0.15) is 18.4 Å². The van der Waals surface area contributed by atoms with E-state index in [1.807, 2.05) is 36.4 Å². The van der Waals surface area contributed by atoms with Crippen LogP contribution in [0, 0.1) is 17.2 Å². The van der Waals surface area contributed by atoms with E-state index in [1.165, 1.54) is 23.3 Å². The van der Waals surface area contributed by atoms with Gasteiger partial charge < -0.3 is 0 Å². The molecule has 4 rings (SSSR count). The molecule has 0 radical (unpaired) electrons. The Morgan fingerprint density at radius 2 is 1.26 bits per heavy atom. The van der Waals surface area contributed by atoms with Crippen LogP contribution in [0.1, 0.15) is 47.9 Å². The van der Waals surface area contributed by atoms with Crippen LogP contribution < -0.4 is 0 Å². The van der Waals surface area contributed by atoms with E-state index in [-0.39, 0.29) is 5.92 Å². The van der Waals surface area contributed by atoms with Gasteiger partial charge in [0.15, 0.2) is 0 Å². The number of rotatable bonds is 10. The summed E-state index contributed by atoms with van der Waals surface area (Å²) in [5.41, 5.74) is 1.78. The zero-order chi connectivity index (χ0) is 24.0. The average molecular weight is 463 g/mol. The van der Waals surface area contributed by atoms with Gasteiger partial charge in [-0.1, -0.05) is 72.8 Å². The Labute approximate surface area is 199 Å². The van der Waals surface area contributed by atoms with E-state index < -0.39 is 17.2 Å². The second-order valence-corrected chi connectivity index (χ2v) is 9.22. The molecule has 1 atom stereocenters. The standard InChI is InChI=1S/C29H29F3N2/c30-29(31,32)27-16-14-26(15-17-27)28(22-33,25-12-13-25)18-7-19-34(20-23-8-3-1-4-9-23)21-24-10-5-2-6-11-24/h1-6,8-11,14-17,25H,7,12-13,18-21H2. The van der Waals surface area contributed by atoms with Gasteiger partial charge in [0, 0.05) is 13.1 Å². The highest BCUT2D eigenvalue weighted by molar-refractivity contribution is 5.38. The molecule has 176 valence electrons. The Hall–Kier alpha value is -3.10. The normalized spacial score (nSPS) is 15.6. The van der Waals surface area contributed by atoms with Crippen molar-refractivity contribution in [2.75, 3.05) is 6.54 Å². The fourth-order valence-electron chi connectivity index (χ4n) is 4.81. The van der Waals surface area contributed by atoms with Gasteiger partial charge in [-0.05, 0) is 67.0 Å². The summed E-state index contributed by atoms with van der Waals surface area (Å²) in [6, 6.07) is 28.4. The van der Waals surface area contributed by atoms with Gasteiger partial charge in [0.2, 0.25) is 0 Å². The fourth-order valence-corrected chi connectivity index (χ4v) is 4.81. The molecule has 3 aromatic rings. The third kappa shape index (κ3) is 5.87. The lowest BCUT2D eigenvalue weighted by Crippen LogP contribution is -2.30. The van der Waals surface area contributed by atoms with Crippen LogP contribution in [0.15, 0.2) is 84.9 Å². The fraction of sp³-hybridized carbons (Fsp3) is 0.345. The van der Waals surface area contributed by atoms with Crippen molar-refractivity contribution in [3.05, 3.63) is 107 Å². The number of benzene rings is 3. The lowest BCUT2D eigenvalue weighted by molar-refractivity contribution is -0.137. The predicted molar refractivity (Wildman–Crippen MR) is 128 cm³/mol. The Kier molecular flexibility index (Phi) is 7.38. The molecule has 0 aromatic heterocycles. The van der Waals surface area contributed by atoms with Crippen LogP contribution in [0.5, 0.6) is 0 Å². The Balaban J connectivity index is 1.48. The van der Waals surface area contributed by atoms with Crippen LogP contribution in [0.4, 0.5) is 13.2 Å². The maximum atomic E-state index is 13.0. The zero-order valence-corrected chi connectivity index (χ0v) is 19.1. The average Bonchev–Trinajstić information content (AvgIpc) is 3.69. The second kappa shape index (κ2) is 10.4. The minimum Gasteiger partial charge on any atom is -0.295 e. The highest BCUT2D eigenvalue weighted by Crippen LogP contribution is 2.50. The number of halogens is 3. The Bertz CT molecular complexity index is 1040. The molecular formula is C29H29F3N2. The van der Waals surface area contributed by atoms with Crippen LogP contribution in [0.25, 0.3) is 0 Å². The monoisotopic (exact) mass is 462 g/mol. The predicted octanol–water partition coefficient (Wildman–Crippen LogP) is 7.36. The van der Waals surface area contributed by atoms with Crippen LogP contribution in [0.2, 0.25) is 0 Å². The van der Waals surface area contributed by atoms with Crippen molar-refractivity contribution in [1.29, 1.82) is 5.26 Å². The van der Waals surface area contributed by atoms with Gasteiger partial charge in [-0.25, -0.2) is 0 Å². The molecule has 1 aliphatic carbocycles. The topological polar surface area (TPSA) is 27.0 Å². The van der Waals surface area contributed by atoms with Gasteiger partial charge >= 0.3 is 6.18 Å². The molecule has 0 bridgehead atoms. The summed E-state index contributed by atoms with van der Waals surface area (Å²) in [5.74, 6) is 0.214. The number of alkyl halides is 3. The van der Waals surface area contributed by atoms with E-state index in [2.05, 4.69) is 35.2 Å². The Morgan fingerprint density at radius 1 is 0.765 bits per heavy atom. The molecule has 2 nitrogen and oxygen atoms in total. The molecule has 1 fully saturated rings. The Morgan fingerprint density at radius 3 is 1.71 bits per heavy atom. The number of hydrogen-bond donors (Lipinski definition) is 0. The van der Waals surface area contributed by atoms with Crippen molar-refractivity contribution in [3.8, 4) is 6.07 Å². The van der Waals surface area contributed by atoms with Gasteiger partial charge in [-0.3, -0.25) is 4.90 Å². The van der Waals surface area contributed by atoms with Gasteiger partial charge in [0.1, 0.15) is 0 Å². The maximum absolute atomic E-state index is 13.0. The highest BCUT2D eigenvalue weighted by Gasteiger charge is 2.46. The second-order valence-electron chi connectivity index (χ2n) is 9.22. The minimum absolute atomic E-state index is 0.214. The molecule has 3 aromatic carbocycles. The number of nitriles is 1. The zero-order valence-electron chi connectivity index (χ0n) is 19.1. The summed E-state index contributed by atoms with van der Waals surface area (Å²) in [7, 11) is 0. The molecule has 1 saturated carbocycles. The molecule has 0 amide bonds. The maximum Gasteiger partial charge on any atom is 0.416 e. The third-order valence-electron chi connectivity index (χ3n) is 6.74. The molecule has 5 heteroatoms.